The average Bonchev–Trinajstić information content (AvgIpc) is 2.04. The smallest absolute Gasteiger partial charge is 0.386 e. The highest BCUT2D eigenvalue weighted by molar-refractivity contribution is 5.40. The third kappa shape index (κ3) is 1.52. The standard InChI is InChI=1S/C9H12NO3/c1-6-5-10(11)9(13-4)7(2)8(6)12-3/h1-4H3. The van der Waals surface area contributed by atoms with Gasteiger partial charge in [0.05, 0.1) is 19.8 Å². The van der Waals surface area contributed by atoms with Gasteiger partial charge in [-0.3, -0.25) is 0 Å². The molecule has 1 radical (unpaired) electrons. The molecule has 71 valence electrons. The second-order valence-corrected chi connectivity index (χ2v) is 2.70. The van der Waals surface area contributed by atoms with Gasteiger partial charge < -0.3 is 14.7 Å². The van der Waals surface area contributed by atoms with Crippen LogP contribution < -0.4 is 14.2 Å². The molecular weight excluding hydrogens is 170 g/mol. The van der Waals surface area contributed by atoms with Gasteiger partial charge in [0, 0.05) is 0 Å². The minimum atomic E-state index is 0.224. The Bertz CT molecular complexity index is 295. The van der Waals surface area contributed by atoms with Gasteiger partial charge in [-0.2, -0.15) is 0 Å². The minimum absolute atomic E-state index is 0.224. The fourth-order valence-corrected chi connectivity index (χ4v) is 1.33. The van der Waals surface area contributed by atoms with Crippen molar-refractivity contribution in [1.82, 2.24) is 0 Å². The van der Waals surface area contributed by atoms with E-state index in [4.69, 9.17) is 9.47 Å². The molecule has 1 aromatic rings. The zero-order valence-electron chi connectivity index (χ0n) is 8.17. The number of hydrogen-bond donors (Lipinski definition) is 0. The summed E-state index contributed by atoms with van der Waals surface area (Å²) in [6, 6.07) is 0. The maximum Gasteiger partial charge on any atom is 0.386 e. The van der Waals surface area contributed by atoms with Gasteiger partial charge in [0.25, 0.3) is 6.20 Å². The number of methoxy groups -OCH3 is 2. The SMILES string of the molecule is COc1c(C)[c][n+]([O-])c(OC)c1C. The predicted molar refractivity (Wildman–Crippen MR) is 46.8 cm³/mol. The molecule has 0 aromatic carbocycles. The van der Waals surface area contributed by atoms with E-state index in [1.165, 1.54) is 7.11 Å². The fraction of sp³-hybridized carbons (Fsp3) is 0.444. The number of hydrogen-bond acceptors (Lipinski definition) is 3. The molecule has 0 atom stereocenters. The van der Waals surface area contributed by atoms with Gasteiger partial charge >= 0.3 is 5.88 Å². The van der Waals surface area contributed by atoms with Gasteiger partial charge in [0.1, 0.15) is 11.3 Å². The van der Waals surface area contributed by atoms with Crippen LogP contribution in [-0.2, 0) is 0 Å². The van der Waals surface area contributed by atoms with E-state index < -0.39 is 0 Å². The number of rotatable bonds is 2. The van der Waals surface area contributed by atoms with Crippen LogP contribution in [0.3, 0.4) is 0 Å². The van der Waals surface area contributed by atoms with Gasteiger partial charge in [-0.25, -0.2) is 0 Å². The van der Waals surface area contributed by atoms with E-state index in [1.807, 2.05) is 0 Å². The topological polar surface area (TPSA) is 45.4 Å². The van der Waals surface area contributed by atoms with E-state index in [9.17, 15) is 5.21 Å². The minimum Gasteiger partial charge on any atom is -0.615 e. The van der Waals surface area contributed by atoms with Gasteiger partial charge in [-0.05, 0) is 13.8 Å². The van der Waals surface area contributed by atoms with E-state index in [-0.39, 0.29) is 5.88 Å². The zero-order chi connectivity index (χ0) is 10.0. The van der Waals surface area contributed by atoms with E-state index >= 15 is 0 Å². The van der Waals surface area contributed by atoms with Crippen molar-refractivity contribution in [2.45, 2.75) is 13.8 Å². The van der Waals surface area contributed by atoms with Crippen molar-refractivity contribution in [1.29, 1.82) is 0 Å². The third-order valence-electron chi connectivity index (χ3n) is 1.85. The van der Waals surface area contributed by atoms with Crippen LogP contribution in [0.15, 0.2) is 0 Å². The number of ether oxygens (including phenoxy) is 2. The van der Waals surface area contributed by atoms with Crippen molar-refractivity contribution in [3.05, 3.63) is 22.5 Å². The molecule has 0 saturated heterocycles. The van der Waals surface area contributed by atoms with Crippen molar-refractivity contribution in [3.63, 3.8) is 0 Å². The molecule has 1 aromatic heterocycles. The van der Waals surface area contributed by atoms with Crippen LogP contribution in [0.25, 0.3) is 0 Å². The maximum atomic E-state index is 11.2. The van der Waals surface area contributed by atoms with Crippen molar-refractivity contribution < 1.29 is 14.2 Å². The second-order valence-electron chi connectivity index (χ2n) is 2.70. The molecule has 4 nitrogen and oxygen atoms in total. The van der Waals surface area contributed by atoms with Crippen LogP contribution in [0, 0.1) is 25.3 Å². The maximum absolute atomic E-state index is 11.2. The Morgan fingerprint density at radius 1 is 1.23 bits per heavy atom. The lowest BCUT2D eigenvalue weighted by atomic mass is 10.2. The molecule has 0 saturated carbocycles. The van der Waals surface area contributed by atoms with Crippen LogP contribution in [0.4, 0.5) is 0 Å². The Morgan fingerprint density at radius 2 is 1.85 bits per heavy atom. The number of aryl methyl sites for hydroxylation is 1. The monoisotopic (exact) mass is 182 g/mol. The fourth-order valence-electron chi connectivity index (χ4n) is 1.33. The Labute approximate surface area is 77.3 Å². The van der Waals surface area contributed by atoms with Crippen molar-refractivity contribution >= 4 is 0 Å². The average molecular weight is 182 g/mol. The van der Waals surface area contributed by atoms with Gasteiger partial charge in [0.15, 0.2) is 0 Å². The van der Waals surface area contributed by atoms with E-state index in [1.54, 1.807) is 21.0 Å². The van der Waals surface area contributed by atoms with Crippen LogP contribution in [-0.4, -0.2) is 14.2 Å². The summed E-state index contributed by atoms with van der Waals surface area (Å²) < 4.78 is 10.6. The number of nitrogens with zero attached hydrogens (tertiary/aromatic N) is 1. The number of pyridine rings is 1. The first-order valence-corrected chi connectivity index (χ1v) is 3.85. The van der Waals surface area contributed by atoms with E-state index in [2.05, 4.69) is 6.20 Å². The zero-order valence-corrected chi connectivity index (χ0v) is 8.17. The Hall–Kier alpha value is -1.45. The number of aromatic nitrogens is 1. The summed E-state index contributed by atoms with van der Waals surface area (Å²) in [7, 11) is 3.00. The van der Waals surface area contributed by atoms with Crippen molar-refractivity contribution in [3.8, 4) is 11.6 Å². The molecule has 0 N–H and O–H groups in total. The molecule has 1 rings (SSSR count). The quantitative estimate of drug-likeness (QED) is 0.501. The summed E-state index contributed by atoms with van der Waals surface area (Å²) in [5, 5.41) is 11.2. The Kier molecular flexibility index (Phi) is 2.60. The highest BCUT2D eigenvalue weighted by atomic mass is 16.5. The first-order valence-electron chi connectivity index (χ1n) is 3.85. The van der Waals surface area contributed by atoms with Gasteiger partial charge in [-0.1, -0.05) is 0 Å². The summed E-state index contributed by atoms with van der Waals surface area (Å²) in [5.41, 5.74) is 1.37. The molecule has 0 aliphatic rings. The normalized spacial score (nSPS) is 9.85. The molecule has 4 heteroatoms. The molecule has 0 spiro atoms. The molecule has 13 heavy (non-hydrogen) atoms. The summed E-state index contributed by atoms with van der Waals surface area (Å²) in [4.78, 5) is 0. The second kappa shape index (κ2) is 3.51. The summed E-state index contributed by atoms with van der Waals surface area (Å²) >= 11 is 0. The first kappa shape index (κ1) is 9.64. The predicted octanol–water partition coefficient (Wildman–Crippen LogP) is 0.754. The molecule has 0 aliphatic heterocycles. The molecule has 0 aliphatic carbocycles. The lowest BCUT2D eigenvalue weighted by molar-refractivity contribution is -0.617. The van der Waals surface area contributed by atoms with Gasteiger partial charge in [0.2, 0.25) is 0 Å². The van der Waals surface area contributed by atoms with Crippen molar-refractivity contribution in [2.24, 2.45) is 0 Å². The summed E-state index contributed by atoms with van der Waals surface area (Å²) in [5.74, 6) is 0.867. The Morgan fingerprint density at radius 3 is 2.31 bits per heavy atom. The highest BCUT2D eigenvalue weighted by Gasteiger charge is 2.18. The Balaban J connectivity index is 3.39. The molecule has 0 unspecified atom stereocenters. The molecule has 0 bridgehead atoms. The van der Waals surface area contributed by atoms with Crippen LogP contribution >= 0.6 is 0 Å². The molecule has 1 heterocycles. The lowest BCUT2D eigenvalue weighted by Crippen LogP contribution is -2.30. The third-order valence-corrected chi connectivity index (χ3v) is 1.85. The van der Waals surface area contributed by atoms with Crippen LogP contribution in [0.1, 0.15) is 11.1 Å². The van der Waals surface area contributed by atoms with Crippen molar-refractivity contribution in [2.75, 3.05) is 14.2 Å². The molecular formula is C9H12NO3. The summed E-state index contributed by atoms with van der Waals surface area (Å²) in [6.07, 6.45) is 2.56. The molecule has 0 amide bonds. The van der Waals surface area contributed by atoms with E-state index in [0.29, 0.717) is 21.6 Å². The first-order chi connectivity index (χ1) is 6.11. The summed E-state index contributed by atoms with van der Waals surface area (Å²) in [6.45, 7) is 3.53. The van der Waals surface area contributed by atoms with Crippen LogP contribution in [0.2, 0.25) is 0 Å². The highest BCUT2D eigenvalue weighted by Crippen LogP contribution is 2.26. The van der Waals surface area contributed by atoms with Crippen LogP contribution in [0.5, 0.6) is 11.6 Å². The molecule has 0 fully saturated rings. The lowest BCUT2D eigenvalue weighted by Gasteiger charge is -2.10. The largest absolute Gasteiger partial charge is 0.615 e. The van der Waals surface area contributed by atoms with E-state index in [0.717, 1.165) is 0 Å². The van der Waals surface area contributed by atoms with Gasteiger partial charge in [-0.15, -0.1) is 4.73 Å².